The predicted molar refractivity (Wildman–Crippen MR) is 94.7 cm³/mol. The first kappa shape index (κ1) is 16.7. The van der Waals surface area contributed by atoms with Crippen molar-refractivity contribution in [2.24, 2.45) is 23.7 Å². The lowest BCUT2D eigenvalue weighted by Crippen LogP contribution is -2.71. The molecule has 5 fully saturated rings. The molecule has 5 heterocycles. The van der Waals surface area contributed by atoms with E-state index >= 15 is 0 Å². The lowest BCUT2D eigenvalue weighted by molar-refractivity contribution is -0.586. The summed E-state index contributed by atoms with van der Waals surface area (Å²) >= 11 is 1.78. The molecule has 4 nitrogen and oxygen atoms in total. The van der Waals surface area contributed by atoms with Gasteiger partial charge in [0.25, 0.3) is 0 Å². The highest BCUT2D eigenvalue weighted by Gasteiger charge is 2.68. The van der Waals surface area contributed by atoms with E-state index in [1.54, 1.807) is 11.3 Å². The van der Waals surface area contributed by atoms with Crippen LogP contribution >= 0.6 is 11.3 Å². The van der Waals surface area contributed by atoms with Crippen molar-refractivity contribution in [2.75, 3.05) is 0 Å². The minimum atomic E-state index is -0.688. The van der Waals surface area contributed by atoms with Crippen molar-refractivity contribution in [1.29, 1.82) is 0 Å². The minimum absolute atomic E-state index is 0.0857. The van der Waals surface area contributed by atoms with Gasteiger partial charge in [0.15, 0.2) is 11.9 Å². The Morgan fingerprint density at radius 1 is 1.12 bits per heavy atom. The van der Waals surface area contributed by atoms with Crippen LogP contribution in [0.4, 0.5) is 0 Å². The second kappa shape index (κ2) is 5.77. The first-order valence-corrected chi connectivity index (χ1v) is 10.6. The highest BCUT2D eigenvalue weighted by Crippen LogP contribution is 2.61. The third-order valence-electron chi connectivity index (χ3n) is 7.22. The Balaban J connectivity index is 1.59. The lowest BCUT2D eigenvalue weighted by Gasteiger charge is -2.63. The topological polar surface area (TPSA) is 36.9 Å². The Morgan fingerprint density at radius 2 is 2.00 bits per heavy atom. The molecule has 1 aliphatic carbocycles. The molecule has 8 atom stereocenters. The maximum Gasteiger partial charge on any atom is 0.201 e. The van der Waals surface area contributed by atoms with E-state index in [1.807, 2.05) is 6.92 Å². The molecular weight excluding hydrogens is 336 g/mol. The van der Waals surface area contributed by atoms with Crippen LogP contribution in [0.25, 0.3) is 0 Å². The van der Waals surface area contributed by atoms with Gasteiger partial charge in [0, 0.05) is 17.2 Å². The Labute approximate surface area is 153 Å². The lowest BCUT2D eigenvalue weighted by atomic mass is 9.56. The molecule has 0 unspecified atom stereocenters. The van der Waals surface area contributed by atoms with Crippen LogP contribution in [0.2, 0.25) is 0 Å². The summed E-state index contributed by atoms with van der Waals surface area (Å²) in [6, 6.07) is 4.30. The molecule has 1 spiro atoms. The zero-order valence-electron chi connectivity index (χ0n) is 15.3. The van der Waals surface area contributed by atoms with Crippen molar-refractivity contribution in [2.45, 2.75) is 76.7 Å². The largest absolute Gasteiger partial charge is 0.340 e. The SMILES string of the molecule is C[C@H]1[C@H](c2cccs2)O[C@@H]2O[C@]3(C)CCC[C@H]4[C@H](C)CC[C@@H]1[C@@]24OO3. The van der Waals surface area contributed by atoms with Crippen LogP contribution in [0.1, 0.15) is 63.9 Å². The molecule has 0 N–H and O–H groups in total. The van der Waals surface area contributed by atoms with Crippen LogP contribution in [-0.4, -0.2) is 17.7 Å². The van der Waals surface area contributed by atoms with Crippen LogP contribution in [0, 0.1) is 23.7 Å². The molecule has 0 amide bonds. The smallest absolute Gasteiger partial charge is 0.201 e. The number of fused-ring (bicyclic) bond motifs is 3. The summed E-state index contributed by atoms with van der Waals surface area (Å²) < 4.78 is 13.1. The summed E-state index contributed by atoms with van der Waals surface area (Å²) in [6.07, 6.45) is 5.32. The summed E-state index contributed by atoms with van der Waals surface area (Å²) in [5.41, 5.74) is -0.454. The van der Waals surface area contributed by atoms with Gasteiger partial charge in [-0.2, -0.15) is 0 Å². The third kappa shape index (κ3) is 2.32. The fraction of sp³-hybridized carbons (Fsp3) is 0.800. The fourth-order valence-corrected chi connectivity index (χ4v) is 6.78. The first-order chi connectivity index (χ1) is 12.0. The van der Waals surface area contributed by atoms with E-state index < -0.39 is 11.4 Å². The second-order valence-corrected chi connectivity index (χ2v) is 9.67. The molecular formula is C20H28O4S. The molecule has 1 saturated carbocycles. The zero-order chi connectivity index (χ0) is 17.2. The molecule has 5 heteroatoms. The molecule has 138 valence electrons. The fourth-order valence-electron chi connectivity index (χ4n) is 5.91. The molecule has 5 aliphatic rings. The summed E-state index contributed by atoms with van der Waals surface area (Å²) in [5, 5.41) is 2.13. The predicted octanol–water partition coefficient (Wildman–Crippen LogP) is 5.06. The van der Waals surface area contributed by atoms with Gasteiger partial charge in [-0.1, -0.05) is 19.9 Å². The molecule has 0 radical (unpaired) electrons. The maximum absolute atomic E-state index is 6.64. The van der Waals surface area contributed by atoms with Crippen molar-refractivity contribution in [3.63, 3.8) is 0 Å². The highest BCUT2D eigenvalue weighted by molar-refractivity contribution is 7.10. The maximum atomic E-state index is 6.64. The standard InChI is InChI=1S/C20H28O4S/c1-12-8-9-15-13(2)17(16-7-5-11-25-16)21-18-20(15)14(12)6-4-10-19(3,22-18)23-24-20/h5,7,11-15,17-18H,4,6,8-10H2,1-3H3/t12-,13-,14+,15+,17-,18-,19+,20-/m1/s1. The normalized spacial score (nSPS) is 52.3. The van der Waals surface area contributed by atoms with E-state index in [4.69, 9.17) is 19.2 Å². The molecule has 4 saturated heterocycles. The Kier molecular flexibility index (Phi) is 3.85. The monoisotopic (exact) mass is 364 g/mol. The van der Waals surface area contributed by atoms with Crippen LogP contribution in [0.5, 0.6) is 0 Å². The average molecular weight is 365 g/mol. The summed E-state index contributed by atoms with van der Waals surface area (Å²) in [5.74, 6) is 1.16. The van der Waals surface area contributed by atoms with Gasteiger partial charge in [0.1, 0.15) is 0 Å². The molecule has 4 aliphatic heterocycles. The van der Waals surface area contributed by atoms with E-state index in [9.17, 15) is 0 Å². The number of hydrogen-bond donors (Lipinski definition) is 0. The highest BCUT2D eigenvalue weighted by atomic mass is 32.1. The van der Waals surface area contributed by atoms with Gasteiger partial charge in [0.05, 0.1) is 6.10 Å². The minimum Gasteiger partial charge on any atom is -0.340 e. The average Bonchev–Trinajstić information content (AvgIpc) is 3.09. The van der Waals surface area contributed by atoms with E-state index in [0.29, 0.717) is 23.7 Å². The first-order valence-electron chi connectivity index (χ1n) is 9.77. The summed E-state index contributed by atoms with van der Waals surface area (Å²) in [7, 11) is 0. The third-order valence-corrected chi connectivity index (χ3v) is 8.15. The number of hydrogen-bond acceptors (Lipinski definition) is 5. The van der Waals surface area contributed by atoms with Crippen molar-refractivity contribution in [3.8, 4) is 0 Å². The molecule has 25 heavy (non-hydrogen) atoms. The summed E-state index contributed by atoms with van der Waals surface area (Å²) in [4.78, 5) is 13.5. The Bertz CT molecular complexity index is 634. The van der Waals surface area contributed by atoms with Crippen molar-refractivity contribution in [1.82, 2.24) is 0 Å². The molecule has 1 aromatic heterocycles. The van der Waals surface area contributed by atoms with Crippen LogP contribution in [-0.2, 0) is 19.2 Å². The Hall–Kier alpha value is -0.460. The summed E-state index contributed by atoms with van der Waals surface area (Å²) in [6.45, 7) is 6.67. The molecule has 1 aromatic rings. The molecule has 6 rings (SSSR count). The van der Waals surface area contributed by atoms with Gasteiger partial charge in [-0.3, -0.25) is 0 Å². The van der Waals surface area contributed by atoms with Crippen LogP contribution < -0.4 is 0 Å². The van der Waals surface area contributed by atoms with Crippen molar-refractivity contribution >= 4 is 11.3 Å². The van der Waals surface area contributed by atoms with Gasteiger partial charge in [-0.25, -0.2) is 9.78 Å². The van der Waals surface area contributed by atoms with Crippen molar-refractivity contribution < 1.29 is 19.2 Å². The van der Waals surface area contributed by atoms with E-state index in [2.05, 4.69) is 31.4 Å². The quantitative estimate of drug-likeness (QED) is 0.653. The van der Waals surface area contributed by atoms with Crippen LogP contribution in [0.15, 0.2) is 17.5 Å². The van der Waals surface area contributed by atoms with E-state index in [-0.39, 0.29) is 12.4 Å². The van der Waals surface area contributed by atoms with Gasteiger partial charge < -0.3 is 9.47 Å². The van der Waals surface area contributed by atoms with Gasteiger partial charge >= 0.3 is 0 Å². The Morgan fingerprint density at radius 3 is 2.80 bits per heavy atom. The van der Waals surface area contributed by atoms with E-state index in [1.165, 1.54) is 17.7 Å². The van der Waals surface area contributed by atoms with Crippen molar-refractivity contribution in [3.05, 3.63) is 22.4 Å². The van der Waals surface area contributed by atoms with Gasteiger partial charge in [0.2, 0.25) is 5.79 Å². The van der Waals surface area contributed by atoms with Gasteiger partial charge in [-0.15, -0.1) is 11.3 Å². The zero-order valence-corrected chi connectivity index (χ0v) is 16.1. The molecule has 0 aromatic carbocycles. The van der Waals surface area contributed by atoms with Gasteiger partial charge in [-0.05, 0) is 61.8 Å². The number of thiophene rings is 1. The second-order valence-electron chi connectivity index (χ2n) is 8.69. The molecule has 2 bridgehead atoms. The number of ether oxygens (including phenoxy) is 2. The number of rotatable bonds is 1. The van der Waals surface area contributed by atoms with E-state index in [0.717, 1.165) is 19.3 Å². The van der Waals surface area contributed by atoms with Crippen LogP contribution in [0.3, 0.4) is 0 Å².